The molecule has 2 aliphatic carbocycles. The Balaban J connectivity index is 1.24. The van der Waals surface area contributed by atoms with Gasteiger partial charge in [-0.05, 0) is 66.6 Å². The van der Waals surface area contributed by atoms with Crippen LogP contribution in [-0.2, 0) is 22.8 Å². The van der Waals surface area contributed by atoms with Gasteiger partial charge in [-0.2, -0.15) is 0 Å². The number of benzene rings is 3. The predicted molar refractivity (Wildman–Crippen MR) is 163 cm³/mol. The van der Waals surface area contributed by atoms with Gasteiger partial charge in [-0.3, -0.25) is 9.59 Å². The van der Waals surface area contributed by atoms with Gasteiger partial charge in [0.2, 0.25) is 0 Å². The number of Topliss-reactive ketones (excluding diaryl/α,β-unsaturated/α-hetero) is 2. The number of ether oxygens (including phenoxy) is 4. The third-order valence-corrected chi connectivity index (χ3v) is 8.63. The number of ketones is 2. The minimum Gasteiger partial charge on any atom is -0.493 e. The maximum absolute atomic E-state index is 13.3. The highest BCUT2D eigenvalue weighted by Crippen LogP contribution is 2.49. The Bertz CT molecular complexity index is 1560. The van der Waals surface area contributed by atoms with E-state index in [2.05, 4.69) is 4.90 Å². The van der Waals surface area contributed by atoms with Gasteiger partial charge < -0.3 is 23.8 Å². The minimum absolute atomic E-state index is 0.132. The number of methoxy groups -OCH3 is 2. The van der Waals surface area contributed by atoms with Crippen LogP contribution in [0.25, 0.3) is 0 Å². The smallest absolute Gasteiger partial charge is 0.161 e. The van der Waals surface area contributed by atoms with Crippen LogP contribution < -0.4 is 18.9 Å². The summed E-state index contributed by atoms with van der Waals surface area (Å²) in [6.45, 7) is 0.739. The summed E-state index contributed by atoms with van der Waals surface area (Å²) in [5.74, 6) is 2.31. The molecule has 0 fully saturated rings. The van der Waals surface area contributed by atoms with Crippen LogP contribution in [0.4, 0.5) is 0 Å². The number of hydrogen-bond donors (Lipinski definition) is 0. The van der Waals surface area contributed by atoms with Gasteiger partial charge in [-0.1, -0.05) is 42.5 Å². The molecule has 0 bridgehead atoms. The quantitative estimate of drug-likeness (QED) is 0.273. The van der Waals surface area contributed by atoms with E-state index in [-0.39, 0.29) is 17.5 Å². The Labute approximate surface area is 252 Å². The van der Waals surface area contributed by atoms with E-state index in [1.54, 1.807) is 14.2 Å². The zero-order valence-electron chi connectivity index (χ0n) is 25.0. The van der Waals surface area contributed by atoms with Gasteiger partial charge in [0.05, 0.1) is 14.2 Å². The first kappa shape index (κ1) is 28.6. The topological polar surface area (TPSA) is 74.3 Å². The molecule has 3 aromatic rings. The number of nitrogens with zero attached hydrogens (tertiary/aromatic N) is 1. The predicted octanol–water partition coefficient (Wildman–Crippen LogP) is 6.91. The van der Waals surface area contributed by atoms with Crippen molar-refractivity contribution in [3.63, 3.8) is 0 Å². The third kappa shape index (κ3) is 5.64. The van der Waals surface area contributed by atoms with Crippen molar-refractivity contribution < 1.29 is 28.5 Å². The summed E-state index contributed by atoms with van der Waals surface area (Å²) >= 11 is 0. The van der Waals surface area contributed by atoms with Crippen LogP contribution in [0.3, 0.4) is 0 Å². The largest absolute Gasteiger partial charge is 0.493 e. The van der Waals surface area contributed by atoms with E-state index in [0.717, 1.165) is 64.9 Å². The van der Waals surface area contributed by atoms with E-state index in [4.69, 9.17) is 18.9 Å². The Kier molecular flexibility index (Phi) is 8.23. The molecule has 0 spiro atoms. The van der Waals surface area contributed by atoms with Crippen LogP contribution in [0.2, 0.25) is 0 Å². The molecule has 0 amide bonds. The molecule has 0 N–H and O–H groups in total. The molecule has 0 atom stereocenters. The van der Waals surface area contributed by atoms with Gasteiger partial charge in [0.15, 0.2) is 34.6 Å². The van der Waals surface area contributed by atoms with Gasteiger partial charge >= 0.3 is 0 Å². The molecule has 7 heteroatoms. The lowest BCUT2D eigenvalue weighted by Crippen LogP contribution is -2.37. The molecule has 6 rings (SSSR count). The van der Waals surface area contributed by atoms with Gasteiger partial charge in [0.25, 0.3) is 0 Å². The van der Waals surface area contributed by atoms with E-state index in [0.29, 0.717) is 49.1 Å². The van der Waals surface area contributed by atoms with Crippen LogP contribution in [0.1, 0.15) is 61.1 Å². The second kappa shape index (κ2) is 12.4. The molecular weight excluding hydrogens is 542 g/mol. The normalized spacial score (nSPS) is 17.0. The first-order valence-electron chi connectivity index (χ1n) is 14.9. The molecule has 222 valence electrons. The molecule has 0 radical (unpaired) electrons. The van der Waals surface area contributed by atoms with Crippen LogP contribution in [-0.4, -0.2) is 37.7 Å². The van der Waals surface area contributed by atoms with Crippen LogP contribution >= 0.6 is 0 Å². The zero-order valence-corrected chi connectivity index (χ0v) is 25.0. The number of carbonyl (C=O) groups excluding carboxylic acids is 2. The molecule has 43 heavy (non-hydrogen) atoms. The summed E-state index contributed by atoms with van der Waals surface area (Å²) in [7, 11) is 5.23. The molecule has 3 aromatic carbocycles. The molecule has 1 heterocycles. The highest BCUT2D eigenvalue weighted by molar-refractivity contribution is 6.06. The first-order chi connectivity index (χ1) is 21.0. The van der Waals surface area contributed by atoms with Crippen LogP contribution in [0.5, 0.6) is 23.0 Å². The molecule has 0 saturated carbocycles. The van der Waals surface area contributed by atoms with Crippen LogP contribution in [0, 0.1) is 0 Å². The van der Waals surface area contributed by atoms with E-state index >= 15 is 0 Å². The van der Waals surface area contributed by atoms with Crippen molar-refractivity contribution in [2.24, 2.45) is 0 Å². The second-order valence-corrected chi connectivity index (χ2v) is 11.2. The summed E-state index contributed by atoms with van der Waals surface area (Å²) < 4.78 is 23.6. The van der Waals surface area contributed by atoms with Crippen molar-refractivity contribution in [3.8, 4) is 23.0 Å². The fourth-order valence-corrected chi connectivity index (χ4v) is 6.49. The Morgan fingerprint density at radius 3 is 1.81 bits per heavy atom. The Morgan fingerprint density at radius 1 is 0.651 bits per heavy atom. The molecular formula is C36H37NO6. The summed E-state index contributed by atoms with van der Waals surface area (Å²) in [4.78, 5) is 28.8. The van der Waals surface area contributed by atoms with E-state index in [1.165, 1.54) is 0 Å². The highest BCUT2D eigenvalue weighted by Gasteiger charge is 2.42. The molecule has 0 saturated heterocycles. The standard InChI is InChI=1S/C36H37NO6/c1-37-26-11-7-13-28(38)35(26)34(36-27(37)12-8-14-29(36)39)25-16-18-31(33(20-25)41-3)43-22-24-15-17-30(32(19-24)40-2)42-21-23-9-5-4-6-10-23/h4-6,9-10,15-20,34H,7-8,11-14,21-22H2,1-3H3. The lowest BCUT2D eigenvalue weighted by molar-refractivity contribution is -0.117. The van der Waals surface area contributed by atoms with Crippen LogP contribution in [0.15, 0.2) is 89.3 Å². The fraction of sp³-hybridized carbons (Fsp3) is 0.333. The fourth-order valence-electron chi connectivity index (χ4n) is 6.49. The first-order valence-corrected chi connectivity index (χ1v) is 14.9. The van der Waals surface area contributed by atoms with Crippen molar-refractivity contribution in [2.75, 3.05) is 21.3 Å². The maximum Gasteiger partial charge on any atom is 0.161 e. The van der Waals surface area contributed by atoms with Crippen molar-refractivity contribution in [3.05, 3.63) is 106 Å². The Morgan fingerprint density at radius 2 is 1.21 bits per heavy atom. The second-order valence-electron chi connectivity index (χ2n) is 11.2. The average molecular weight is 580 g/mol. The van der Waals surface area contributed by atoms with Crippen molar-refractivity contribution in [1.29, 1.82) is 0 Å². The lowest BCUT2D eigenvalue weighted by Gasteiger charge is -2.42. The van der Waals surface area contributed by atoms with Crippen molar-refractivity contribution in [1.82, 2.24) is 4.90 Å². The average Bonchev–Trinajstić information content (AvgIpc) is 3.04. The summed E-state index contributed by atoms with van der Waals surface area (Å²) in [6, 6.07) is 21.5. The number of hydrogen-bond acceptors (Lipinski definition) is 7. The van der Waals surface area contributed by atoms with Crippen molar-refractivity contribution >= 4 is 11.6 Å². The molecule has 1 aliphatic heterocycles. The number of carbonyl (C=O) groups is 2. The molecule has 0 unspecified atom stereocenters. The SMILES string of the molecule is COc1cc(COc2ccc(C3C4=C(CCCC4=O)N(C)C4=C3C(=O)CCC4)cc2OC)ccc1OCc1ccccc1. The maximum atomic E-state index is 13.3. The van der Waals surface area contributed by atoms with Gasteiger partial charge in [-0.15, -0.1) is 0 Å². The number of rotatable bonds is 9. The lowest BCUT2D eigenvalue weighted by atomic mass is 9.71. The van der Waals surface area contributed by atoms with Gasteiger partial charge in [-0.25, -0.2) is 0 Å². The molecule has 3 aliphatic rings. The van der Waals surface area contributed by atoms with Crippen molar-refractivity contribution in [2.45, 2.75) is 57.7 Å². The Hall–Kier alpha value is -4.52. The highest BCUT2D eigenvalue weighted by atomic mass is 16.5. The minimum atomic E-state index is -0.377. The monoisotopic (exact) mass is 579 g/mol. The van der Waals surface area contributed by atoms with E-state index < -0.39 is 0 Å². The van der Waals surface area contributed by atoms with E-state index in [1.807, 2.05) is 73.8 Å². The molecule has 0 aromatic heterocycles. The van der Waals surface area contributed by atoms with Gasteiger partial charge in [0.1, 0.15) is 13.2 Å². The molecule has 7 nitrogen and oxygen atoms in total. The van der Waals surface area contributed by atoms with E-state index in [9.17, 15) is 9.59 Å². The summed E-state index contributed by atoms with van der Waals surface area (Å²) in [5.41, 5.74) is 6.51. The number of allylic oxidation sites excluding steroid dienone is 4. The zero-order chi connectivity index (χ0) is 29.9. The third-order valence-electron chi connectivity index (χ3n) is 8.63. The summed E-state index contributed by atoms with van der Waals surface area (Å²) in [6.07, 6.45) is 4.39. The van der Waals surface area contributed by atoms with Gasteiger partial charge in [0, 0.05) is 48.3 Å². The summed E-state index contributed by atoms with van der Waals surface area (Å²) in [5, 5.41) is 0.